The van der Waals surface area contributed by atoms with E-state index < -0.39 is 0 Å². The molecule has 0 aliphatic carbocycles. The van der Waals surface area contributed by atoms with Crippen LogP contribution < -0.4 is 10.1 Å². The van der Waals surface area contributed by atoms with Crippen LogP contribution in [0.1, 0.15) is 37.5 Å². The van der Waals surface area contributed by atoms with Crippen LogP contribution in [0.3, 0.4) is 0 Å². The lowest BCUT2D eigenvalue weighted by Crippen LogP contribution is -2.44. The summed E-state index contributed by atoms with van der Waals surface area (Å²) in [6.45, 7) is 14.6. The van der Waals surface area contributed by atoms with Crippen LogP contribution in [-0.2, 0) is 11.8 Å². The molecule has 1 fully saturated rings. The molecule has 3 nitrogen and oxygen atoms in total. The quantitative estimate of drug-likeness (QED) is 0.923. The van der Waals surface area contributed by atoms with Gasteiger partial charge < -0.3 is 15.0 Å². The number of piperazine rings is 1. The Hall–Kier alpha value is -1.06. The molecule has 0 aromatic heterocycles. The maximum absolute atomic E-state index is 5.77. The third kappa shape index (κ3) is 4.21. The summed E-state index contributed by atoms with van der Waals surface area (Å²) in [4.78, 5) is 2.54. The number of nitrogens with one attached hydrogen (secondary N) is 1. The first-order valence-electron chi connectivity index (χ1n) is 8.03. The number of benzene rings is 1. The van der Waals surface area contributed by atoms with Crippen LogP contribution in [0.5, 0.6) is 5.75 Å². The zero-order chi connectivity index (χ0) is 15.5. The number of rotatable bonds is 4. The molecule has 1 aromatic rings. The van der Waals surface area contributed by atoms with E-state index in [1.165, 1.54) is 16.7 Å². The fourth-order valence-corrected chi connectivity index (χ4v) is 3.05. The maximum Gasteiger partial charge on any atom is 0.125 e. The van der Waals surface area contributed by atoms with Crippen LogP contribution >= 0.6 is 0 Å². The summed E-state index contributed by atoms with van der Waals surface area (Å²) in [5, 5.41) is 3.41. The Bertz CT molecular complexity index is 471. The van der Waals surface area contributed by atoms with Gasteiger partial charge in [0.1, 0.15) is 5.75 Å². The van der Waals surface area contributed by atoms with Crippen molar-refractivity contribution < 1.29 is 4.74 Å². The Morgan fingerprint density at radius 1 is 1.19 bits per heavy atom. The van der Waals surface area contributed by atoms with Crippen molar-refractivity contribution in [2.45, 2.75) is 39.5 Å². The predicted molar refractivity (Wildman–Crippen MR) is 89.4 cm³/mol. The van der Waals surface area contributed by atoms with Crippen LogP contribution in [0.25, 0.3) is 0 Å². The van der Waals surface area contributed by atoms with Crippen LogP contribution in [0.15, 0.2) is 12.1 Å². The molecule has 3 heteroatoms. The topological polar surface area (TPSA) is 24.5 Å². The lowest BCUT2D eigenvalue weighted by atomic mass is 9.83. The van der Waals surface area contributed by atoms with Gasteiger partial charge in [-0.1, -0.05) is 38.5 Å². The van der Waals surface area contributed by atoms with Crippen molar-refractivity contribution in [2.24, 2.45) is 0 Å². The highest BCUT2D eigenvalue weighted by Crippen LogP contribution is 2.35. The summed E-state index contributed by atoms with van der Waals surface area (Å²) < 4.78 is 5.77. The largest absolute Gasteiger partial charge is 0.496 e. The number of hydrogen-bond donors (Lipinski definition) is 1. The average molecular weight is 290 g/mol. The van der Waals surface area contributed by atoms with Crippen molar-refractivity contribution in [3.8, 4) is 5.75 Å². The predicted octanol–water partition coefficient (Wildman–Crippen LogP) is 2.75. The minimum atomic E-state index is 0.112. The van der Waals surface area contributed by atoms with Crippen LogP contribution in [0, 0.1) is 6.92 Å². The zero-order valence-corrected chi connectivity index (χ0v) is 14.3. The molecule has 0 spiro atoms. The third-order valence-electron chi connectivity index (χ3n) is 4.23. The molecule has 0 atom stereocenters. The Morgan fingerprint density at radius 2 is 1.86 bits per heavy atom. The molecule has 0 bridgehead atoms. The van der Waals surface area contributed by atoms with E-state index in [0.717, 1.165) is 44.9 Å². The first-order valence-corrected chi connectivity index (χ1v) is 8.03. The summed E-state index contributed by atoms with van der Waals surface area (Å²) in [6.07, 6.45) is 1.06. The molecule has 1 aliphatic rings. The van der Waals surface area contributed by atoms with E-state index in [1.54, 1.807) is 7.11 Å². The van der Waals surface area contributed by atoms with Crippen LogP contribution in [0.2, 0.25) is 0 Å². The maximum atomic E-state index is 5.77. The third-order valence-corrected chi connectivity index (χ3v) is 4.23. The van der Waals surface area contributed by atoms with Crippen molar-refractivity contribution in [3.05, 3.63) is 28.8 Å². The monoisotopic (exact) mass is 290 g/mol. The van der Waals surface area contributed by atoms with E-state index in [2.05, 4.69) is 50.0 Å². The number of methoxy groups -OCH3 is 1. The van der Waals surface area contributed by atoms with Crippen LogP contribution in [0.4, 0.5) is 0 Å². The standard InChI is InChI=1S/C18H30N2O/c1-14-12-15(6-9-20-10-7-19-8-11-20)17(21-5)16(13-14)18(2,3)4/h12-13,19H,6-11H2,1-5H3. The highest BCUT2D eigenvalue weighted by Gasteiger charge is 2.22. The molecule has 1 heterocycles. The van der Waals surface area contributed by atoms with Crippen molar-refractivity contribution in [1.82, 2.24) is 10.2 Å². The van der Waals surface area contributed by atoms with Crippen molar-refractivity contribution in [2.75, 3.05) is 39.8 Å². The van der Waals surface area contributed by atoms with Crippen LogP contribution in [-0.4, -0.2) is 44.7 Å². The lowest BCUT2D eigenvalue weighted by molar-refractivity contribution is 0.243. The molecule has 1 N–H and O–H groups in total. The van der Waals surface area contributed by atoms with Gasteiger partial charge in [-0.05, 0) is 24.3 Å². The van der Waals surface area contributed by atoms with Gasteiger partial charge in [0, 0.05) is 38.3 Å². The molecule has 1 saturated heterocycles. The molecule has 0 saturated carbocycles. The van der Waals surface area contributed by atoms with Gasteiger partial charge in [-0.15, -0.1) is 0 Å². The first-order chi connectivity index (χ1) is 9.91. The van der Waals surface area contributed by atoms with Gasteiger partial charge in [0.05, 0.1) is 7.11 Å². The first kappa shape index (κ1) is 16.3. The normalized spacial score (nSPS) is 17.0. The Balaban J connectivity index is 2.19. The van der Waals surface area contributed by atoms with E-state index in [0.29, 0.717) is 0 Å². The minimum Gasteiger partial charge on any atom is -0.496 e. The van der Waals surface area contributed by atoms with E-state index >= 15 is 0 Å². The number of ether oxygens (including phenoxy) is 1. The Kier molecular flexibility index (Phi) is 5.28. The van der Waals surface area contributed by atoms with Gasteiger partial charge in [-0.25, -0.2) is 0 Å². The highest BCUT2D eigenvalue weighted by molar-refractivity contribution is 5.48. The number of hydrogen-bond acceptors (Lipinski definition) is 3. The highest BCUT2D eigenvalue weighted by atomic mass is 16.5. The fourth-order valence-electron chi connectivity index (χ4n) is 3.05. The Labute approximate surface area is 129 Å². The van der Waals surface area contributed by atoms with Gasteiger partial charge >= 0.3 is 0 Å². The molecule has 0 unspecified atom stereocenters. The molecular weight excluding hydrogens is 260 g/mol. The molecule has 21 heavy (non-hydrogen) atoms. The van der Waals surface area contributed by atoms with Gasteiger partial charge in [-0.3, -0.25) is 0 Å². The van der Waals surface area contributed by atoms with Gasteiger partial charge in [-0.2, -0.15) is 0 Å². The van der Waals surface area contributed by atoms with Crippen molar-refractivity contribution in [3.63, 3.8) is 0 Å². The van der Waals surface area contributed by atoms with Crippen molar-refractivity contribution in [1.29, 1.82) is 0 Å². The van der Waals surface area contributed by atoms with Gasteiger partial charge in [0.2, 0.25) is 0 Å². The molecule has 118 valence electrons. The van der Waals surface area contributed by atoms with E-state index in [4.69, 9.17) is 4.74 Å². The molecule has 1 aliphatic heterocycles. The summed E-state index contributed by atoms with van der Waals surface area (Å²) in [5.41, 5.74) is 4.11. The Morgan fingerprint density at radius 3 is 2.43 bits per heavy atom. The second-order valence-corrected chi connectivity index (χ2v) is 7.10. The molecule has 0 amide bonds. The average Bonchev–Trinajstić information content (AvgIpc) is 2.44. The number of aryl methyl sites for hydroxylation is 1. The zero-order valence-electron chi connectivity index (χ0n) is 14.3. The van der Waals surface area contributed by atoms with E-state index in [-0.39, 0.29) is 5.41 Å². The van der Waals surface area contributed by atoms with Gasteiger partial charge in [0.25, 0.3) is 0 Å². The molecular formula is C18H30N2O. The second kappa shape index (κ2) is 6.80. The SMILES string of the molecule is COc1c(CCN2CCNCC2)cc(C)cc1C(C)(C)C. The summed E-state index contributed by atoms with van der Waals surface area (Å²) in [7, 11) is 1.80. The second-order valence-electron chi connectivity index (χ2n) is 7.10. The smallest absolute Gasteiger partial charge is 0.125 e. The summed E-state index contributed by atoms with van der Waals surface area (Å²) >= 11 is 0. The molecule has 0 radical (unpaired) electrons. The lowest BCUT2D eigenvalue weighted by Gasteiger charge is -2.28. The number of nitrogens with zero attached hydrogens (tertiary/aromatic N) is 1. The van der Waals surface area contributed by atoms with Gasteiger partial charge in [0.15, 0.2) is 0 Å². The fraction of sp³-hybridized carbons (Fsp3) is 0.667. The minimum absolute atomic E-state index is 0.112. The molecule has 2 rings (SSSR count). The van der Waals surface area contributed by atoms with Crippen molar-refractivity contribution >= 4 is 0 Å². The summed E-state index contributed by atoms with van der Waals surface area (Å²) in [5.74, 6) is 1.09. The van der Waals surface area contributed by atoms with E-state index in [9.17, 15) is 0 Å². The summed E-state index contributed by atoms with van der Waals surface area (Å²) in [6, 6.07) is 4.56. The molecule has 1 aromatic carbocycles. The van der Waals surface area contributed by atoms with E-state index in [1.807, 2.05) is 0 Å².